The van der Waals surface area contributed by atoms with Crippen LogP contribution in [0.1, 0.15) is 30.9 Å². The van der Waals surface area contributed by atoms with Crippen LogP contribution in [0.5, 0.6) is 0 Å². The van der Waals surface area contributed by atoms with E-state index in [0.717, 1.165) is 10.9 Å². The van der Waals surface area contributed by atoms with Crippen molar-refractivity contribution in [1.82, 2.24) is 20.9 Å². The van der Waals surface area contributed by atoms with Gasteiger partial charge in [-0.05, 0) is 37.0 Å². The van der Waals surface area contributed by atoms with Crippen LogP contribution >= 0.6 is 0 Å². The van der Waals surface area contributed by atoms with Crippen molar-refractivity contribution in [2.24, 2.45) is 22.2 Å². The Morgan fingerprint density at radius 3 is 2.20 bits per heavy atom. The number of H-pyrrole nitrogens is 1. The summed E-state index contributed by atoms with van der Waals surface area (Å²) in [5.41, 5.74) is 18.7. The van der Waals surface area contributed by atoms with Crippen molar-refractivity contribution in [3.63, 3.8) is 0 Å². The Kier molecular flexibility index (Phi) is 12.2. The summed E-state index contributed by atoms with van der Waals surface area (Å²) in [5.74, 6) is -3.63. The number of rotatable bonds is 16. The smallest absolute Gasteiger partial charge is 0.326 e. The molecule has 44 heavy (non-hydrogen) atoms. The summed E-state index contributed by atoms with van der Waals surface area (Å²) in [7, 11) is 0. The first kappa shape index (κ1) is 33.6. The van der Waals surface area contributed by atoms with Gasteiger partial charge < -0.3 is 48.3 Å². The summed E-state index contributed by atoms with van der Waals surface area (Å²) in [6.45, 7) is 1.57. The highest BCUT2D eigenvalue weighted by Gasteiger charge is 2.32. The molecule has 3 rings (SSSR count). The number of carbonyl (C=O) groups excluding carboxylic acids is 3. The number of carbonyl (C=O) groups is 4. The lowest BCUT2D eigenvalue weighted by Gasteiger charge is -2.26. The highest BCUT2D eigenvalue weighted by molar-refractivity contribution is 5.94. The van der Waals surface area contributed by atoms with E-state index in [2.05, 4.69) is 25.9 Å². The molecule has 1 aromatic heterocycles. The number of hydrogen-bond donors (Lipinski definition) is 9. The van der Waals surface area contributed by atoms with E-state index in [4.69, 9.17) is 17.2 Å². The molecule has 0 aliphatic rings. The van der Waals surface area contributed by atoms with E-state index in [1.165, 1.54) is 6.92 Å². The van der Waals surface area contributed by atoms with Crippen LogP contribution in [0.15, 0.2) is 65.8 Å². The minimum Gasteiger partial charge on any atom is -0.480 e. The Hall–Kier alpha value is -4.95. The lowest BCUT2D eigenvalue weighted by atomic mass is 10.0. The van der Waals surface area contributed by atoms with Crippen molar-refractivity contribution < 1.29 is 29.4 Å². The van der Waals surface area contributed by atoms with Gasteiger partial charge in [0.15, 0.2) is 5.96 Å². The Balaban J connectivity index is 1.74. The fraction of sp³-hybridized carbons (Fsp3) is 0.367. The number of aliphatic hydroxyl groups is 1. The van der Waals surface area contributed by atoms with E-state index in [-0.39, 0.29) is 31.8 Å². The third-order valence-electron chi connectivity index (χ3n) is 7.00. The van der Waals surface area contributed by atoms with E-state index in [1.807, 2.05) is 24.3 Å². The molecule has 5 unspecified atom stereocenters. The second-order valence-corrected chi connectivity index (χ2v) is 10.5. The van der Waals surface area contributed by atoms with E-state index in [9.17, 15) is 29.4 Å². The van der Waals surface area contributed by atoms with Crippen molar-refractivity contribution >= 4 is 40.6 Å². The highest BCUT2D eigenvalue weighted by Crippen LogP contribution is 2.19. The molecular formula is C30H40N8O6. The van der Waals surface area contributed by atoms with Crippen LogP contribution in [-0.4, -0.2) is 81.7 Å². The number of nitrogens with zero attached hydrogens (tertiary/aromatic N) is 1. The molecule has 3 amide bonds. The fourth-order valence-corrected chi connectivity index (χ4v) is 4.63. The predicted molar refractivity (Wildman–Crippen MR) is 165 cm³/mol. The molecule has 0 radical (unpaired) electrons. The van der Waals surface area contributed by atoms with Crippen molar-refractivity contribution in [3.8, 4) is 0 Å². The first-order valence-corrected chi connectivity index (χ1v) is 14.2. The van der Waals surface area contributed by atoms with Gasteiger partial charge in [-0.1, -0.05) is 48.5 Å². The normalized spacial score (nSPS) is 14.4. The van der Waals surface area contributed by atoms with Gasteiger partial charge in [0, 0.05) is 36.5 Å². The summed E-state index contributed by atoms with van der Waals surface area (Å²) in [6.07, 6.45) is 0.968. The lowest BCUT2D eigenvalue weighted by Crippen LogP contribution is -2.60. The number of guanidine groups is 1. The molecule has 14 nitrogen and oxygen atoms in total. The lowest BCUT2D eigenvalue weighted by molar-refractivity contribution is -0.142. The number of aliphatic carboxylic acids is 1. The SMILES string of the molecule is CC(O)C(NC(=O)C(N)CCCN=C(N)N)C(=O)NC(Cc1ccccc1)C(=O)NC(Cc1c[nH]c2ccccc12)C(=O)O. The van der Waals surface area contributed by atoms with Gasteiger partial charge in [-0.2, -0.15) is 0 Å². The van der Waals surface area contributed by atoms with E-state index < -0.39 is 54.0 Å². The molecule has 236 valence electrons. The van der Waals surface area contributed by atoms with Crippen LogP contribution in [0, 0.1) is 0 Å². The first-order valence-electron chi connectivity index (χ1n) is 14.2. The van der Waals surface area contributed by atoms with Crippen molar-refractivity contribution in [3.05, 3.63) is 71.9 Å². The molecule has 5 atom stereocenters. The highest BCUT2D eigenvalue weighted by atomic mass is 16.4. The van der Waals surface area contributed by atoms with Crippen molar-refractivity contribution in [2.75, 3.05) is 6.54 Å². The van der Waals surface area contributed by atoms with Crippen LogP contribution in [0.3, 0.4) is 0 Å². The second-order valence-electron chi connectivity index (χ2n) is 10.5. The largest absolute Gasteiger partial charge is 0.480 e. The molecule has 0 bridgehead atoms. The number of fused-ring (bicyclic) bond motifs is 1. The zero-order chi connectivity index (χ0) is 32.2. The summed E-state index contributed by atoms with van der Waals surface area (Å²) < 4.78 is 0. The fourth-order valence-electron chi connectivity index (χ4n) is 4.63. The van der Waals surface area contributed by atoms with Crippen LogP contribution in [0.25, 0.3) is 10.9 Å². The number of aromatic amines is 1. The number of aromatic nitrogens is 1. The predicted octanol–water partition coefficient (Wildman–Crippen LogP) is -0.746. The maximum Gasteiger partial charge on any atom is 0.326 e. The number of nitrogens with two attached hydrogens (primary N) is 3. The number of benzene rings is 2. The number of amides is 3. The van der Waals surface area contributed by atoms with Gasteiger partial charge in [-0.3, -0.25) is 19.4 Å². The molecule has 3 aromatic rings. The summed E-state index contributed by atoms with van der Waals surface area (Å²) >= 11 is 0. The number of aliphatic hydroxyl groups excluding tert-OH is 1. The van der Waals surface area contributed by atoms with E-state index in [1.54, 1.807) is 36.5 Å². The van der Waals surface area contributed by atoms with Gasteiger partial charge in [-0.15, -0.1) is 0 Å². The number of nitrogens with one attached hydrogen (secondary N) is 4. The number of carboxylic acid groups (broad SMARTS) is 1. The van der Waals surface area contributed by atoms with Gasteiger partial charge in [0.05, 0.1) is 12.1 Å². The molecule has 0 saturated carbocycles. The molecule has 2 aromatic carbocycles. The quantitative estimate of drug-likeness (QED) is 0.0563. The Morgan fingerprint density at radius 1 is 0.886 bits per heavy atom. The number of hydrogen-bond acceptors (Lipinski definition) is 7. The molecular weight excluding hydrogens is 568 g/mol. The molecule has 0 saturated heterocycles. The van der Waals surface area contributed by atoms with Crippen LogP contribution < -0.4 is 33.2 Å². The summed E-state index contributed by atoms with van der Waals surface area (Å²) in [6, 6.07) is 11.2. The maximum atomic E-state index is 13.5. The summed E-state index contributed by atoms with van der Waals surface area (Å²) in [5, 5.41) is 28.7. The van der Waals surface area contributed by atoms with Crippen LogP contribution in [0.4, 0.5) is 0 Å². The van der Waals surface area contributed by atoms with Gasteiger partial charge >= 0.3 is 5.97 Å². The molecule has 0 aliphatic heterocycles. The third kappa shape index (κ3) is 9.81. The molecule has 0 fully saturated rings. The van der Waals surface area contributed by atoms with Crippen LogP contribution in [-0.2, 0) is 32.0 Å². The third-order valence-corrected chi connectivity index (χ3v) is 7.00. The van der Waals surface area contributed by atoms with Gasteiger partial charge in [0.25, 0.3) is 0 Å². The Labute approximate surface area is 254 Å². The van der Waals surface area contributed by atoms with E-state index in [0.29, 0.717) is 17.5 Å². The number of aliphatic imine (C=N–C) groups is 1. The zero-order valence-electron chi connectivity index (χ0n) is 24.4. The van der Waals surface area contributed by atoms with E-state index >= 15 is 0 Å². The Bertz CT molecular complexity index is 1450. The average Bonchev–Trinajstić information content (AvgIpc) is 3.39. The number of carboxylic acids is 1. The van der Waals surface area contributed by atoms with Gasteiger partial charge in [-0.25, -0.2) is 4.79 Å². The molecule has 12 N–H and O–H groups in total. The zero-order valence-corrected chi connectivity index (χ0v) is 24.4. The Morgan fingerprint density at radius 2 is 1.55 bits per heavy atom. The molecule has 1 heterocycles. The minimum absolute atomic E-state index is 0.00941. The molecule has 0 spiro atoms. The molecule has 0 aliphatic carbocycles. The second kappa shape index (κ2) is 16.0. The first-order chi connectivity index (χ1) is 21.0. The standard InChI is InChI=1S/C30H40N8O6/c1-17(39)25(38-26(40)21(31)11-7-13-34-30(32)33)28(42)36-23(14-18-8-3-2-4-9-18)27(41)37-24(29(43)44)15-19-16-35-22-12-6-5-10-20(19)22/h2-6,8-10,12,16-17,21,23-25,35,39H,7,11,13-15,31H2,1H3,(H,36,42)(H,37,41)(H,38,40)(H,43,44)(H4,32,33,34). The van der Waals surface area contributed by atoms with Crippen LogP contribution in [0.2, 0.25) is 0 Å². The summed E-state index contributed by atoms with van der Waals surface area (Å²) in [4.78, 5) is 58.7. The minimum atomic E-state index is -1.45. The van der Waals surface area contributed by atoms with Crippen molar-refractivity contribution in [1.29, 1.82) is 0 Å². The monoisotopic (exact) mass is 608 g/mol. The maximum absolute atomic E-state index is 13.5. The number of para-hydroxylation sites is 1. The topological polar surface area (TPSA) is 251 Å². The average molecular weight is 609 g/mol. The van der Waals surface area contributed by atoms with Gasteiger partial charge in [0.1, 0.15) is 18.1 Å². The van der Waals surface area contributed by atoms with Gasteiger partial charge in [0.2, 0.25) is 17.7 Å². The van der Waals surface area contributed by atoms with Crippen molar-refractivity contribution in [2.45, 2.75) is 62.9 Å². The molecule has 14 heteroatoms.